The van der Waals surface area contributed by atoms with Gasteiger partial charge in [-0.1, -0.05) is 0 Å². The van der Waals surface area contributed by atoms with Gasteiger partial charge in [-0.2, -0.15) is 4.98 Å². The molecule has 0 saturated carbocycles. The summed E-state index contributed by atoms with van der Waals surface area (Å²) in [4.78, 5) is 61.2. The number of nitrogens with one attached hydrogen (secondary N) is 2. The Morgan fingerprint density at radius 3 is 2.56 bits per heavy atom. The standard InChI is InChI=1S/C19H19N7O6/c20-19-24-16-15(17(30)25-19)23-11(8-22-16)7-21-10-1-3-12(4-2-10)26(9-27)13(18(31)32)5-6-14(28)29/h1-4,8-9,13,21H,5-7H2,(H,28,29)(H,31,32)(H3,20,22,24,25,30)/t13-/m0/s1. The zero-order valence-corrected chi connectivity index (χ0v) is 16.6. The molecule has 32 heavy (non-hydrogen) atoms. The van der Waals surface area contributed by atoms with Gasteiger partial charge in [0.1, 0.15) is 6.04 Å². The first-order valence-electron chi connectivity index (χ1n) is 9.32. The molecule has 3 aromatic rings. The van der Waals surface area contributed by atoms with Gasteiger partial charge in [0, 0.05) is 17.8 Å². The third-order valence-corrected chi connectivity index (χ3v) is 4.49. The lowest BCUT2D eigenvalue weighted by Gasteiger charge is -2.24. The number of aromatic amines is 1. The largest absolute Gasteiger partial charge is 0.481 e. The second-order valence-corrected chi connectivity index (χ2v) is 6.68. The minimum Gasteiger partial charge on any atom is -0.481 e. The molecule has 0 aliphatic heterocycles. The number of nitrogens with zero attached hydrogens (tertiary/aromatic N) is 4. The average Bonchev–Trinajstić information content (AvgIpc) is 2.75. The molecule has 0 bridgehead atoms. The van der Waals surface area contributed by atoms with E-state index in [0.29, 0.717) is 23.5 Å². The quantitative estimate of drug-likeness (QED) is 0.268. The molecule has 1 amide bonds. The van der Waals surface area contributed by atoms with Crippen molar-refractivity contribution in [2.45, 2.75) is 25.4 Å². The molecule has 13 nitrogen and oxygen atoms in total. The summed E-state index contributed by atoms with van der Waals surface area (Å²) in [5.41, 5.74) is 6.54. The van der Waals surface area contributed by atoms with Crippen molar-refractivity contribution in [2.75, 3.05) is 16.0 Å². The molecule has 1 aromatic carbocycles. The molecule has 13 heteroatoms. The number of carboxylic acid groups (broad SMARTS) is 2. The van der Waals surface area contributed by atoms with Crippen molar-refractivity contribution in [3.8, 4) is 0 Å². The lowest BCUT2D eigenvalue weighted by molar-refractivity contribution is -0.140. The molecule has 0 unspecified atom stereocenters. The van der Waals surface area contributed by atoms with Crippen LogP contribution in [0.2, 0.25) is 0 Å². The van der Waals surface area contributed by atoms with E-state index in [9.17, 15) is 24.3 Å². The van der Waals surface area contributed by atoms with Crippen LogP contribution in [0.1, 0.15) is 18.5 Å². The number of nitrogens with two attached hydrogens (primary N) is 1. The zero-order valence-electron chi connectivity index (χ0n) is 16.6. The fourth-order valence-electron chi connectivity index (χ4n) is 2.96. The van der Waals surface area contributed by atoms with Gasteiger partial charge in [-0.3, -0.25) is 19.4 Å². The number of nitrogen functional groups attached to an aromatic ring is 1. The maximum Gasteiger partial charge on any atom is 0.326 e. The maximum atomic E-state index is 11.9. The van der Waals surface area contributed by atoms with Crippen LogP contribution >= 0.6 is 0 Å². The molecule has 3 rings (SSSR count). The van der Waals surface area contributed by atoms with Crippen molar-refractivity contribution in [3.05, 3.63) is 46.5 Å². The van der Waals surface area contributed by atoms with Crippen molar-refractivity contribution in [1.82, 2.24) is 19.9 Å². The lowest BCUT2D eigenvalue weighted by atomic mass is 10.1. The van der Waals surface area contributed by atoms with Gasteiger partial charge in [0.05, 0.1) is 18.4 Å². The molecule has 0 saturated heterocycles. The van der Waals surface area contributed by atoms with Gasteiger partial charge in [-0.05, 0) is 30.7 Å². The molecule has 0 fully saturated rings. The fraction of sp³-hybridized carbons (Fsp3) is 0.211. The second kappa shape index (κ2) is 9.51. The highest BCUT2D eigenvalue weighted by Crippen LogP contribution is 2.21. The Labute approximate surface area is 179 Å². The Morgan fingerprint density at radius 1 is 1.22 bits per heavy atom. The van der Waals surface area contributed by atoms with Crippen LogP contribution < -0.4 is 21.5 Å². The van der Waals surface area contributed by atoms with Gasteiger partial charge in [-0.25, -0.2) is 14.8 Å². The minimum atomic E-state index is -1.31. The number of H-pyrrole nitrogens is 1. The van der Waals surface area contributed by atoms with Crippen LogP contribution in [-0.4, -0.2) is 54.5 Å². The Morgan fingerprint density at radius 2 is 1.94 bits per heavy atom. The van der Waals surface area contributed by atoms with Crippen molar-refractivity contribution in [1.29, 1.82) is 0 Å². The number of hydrogen-bond donors (Lipinski definition) is 5. The van der Waals surface area contributed by atoms with Gasteiger partial charge in [0.15, 0.2) is 11.2 Å². The molecule has 0 aliphatic rings. The number of carbonyl (C=O) groups excluding carboxylic acids is 1. The van der Waals surface area contributed by atoms with E-state index in [0.717, 1.165) is 4.90 Å². The predicted octanol–water partition coefficient (Wildman–Crippen LogP) is 0.188. The van der Waals surface area contributed by atoms with E-state index >= 15 is 0 Å². The second-order valence-electron chi connectivity index (χ2n) is 6.68. The highest BCUT2D eigenvalue weighted by atomic mass is 16.4. The van der Waals surface area contributed by atoms with Crippen LogP contribution in [0, 0.1) is 0 Å². The van der Waals surface area contributed by atoms with E-state index in [-0.39, 0.29) is 30.1 Å². The molecular formula is C19H19N7O6. The maximum absolute atomic E-state index is 11.9. The predicted molar refractivity (Wildman–Crippen MR) is 113 cm³/mol. The normalized spacial score (nSPS) is 11.6. The zero-order chi connectivity index (χ0) is 23.3. The van der Waals surface area contributed by atoms with Crippen LogP contribution in [0.3, 0.4) is 0 Å². The first kappa shape index (κ1) is 22.1. The summed E-state index contributed by atoms with van der Waals surface area (Å²) in [6.07, 6.45) is 1.18. The highest BCUT2D eigenvalue weighted by molar-refractivity contribution is 5.88. The van der Waals surface area contributed by atoms with Gasteiger partial charge in [0.25, 0.3) is 5.56 Å². The van der Waals surface area contributed by atoms with E-state index < -0.39 is 30.0 Å². The molecule has 166 valence electrons. The number of carboxylic acids is 2. The number of aromatic nitrogens is 4. The summed E-state index contributed by atoms with van der Waals surface area (Å²) in [6, 6.07) is 4.97. The van der Waals surface area contributed by atoms with Gasteiger partial charge < -0.3 is 26.2 Å². The van der Waals surface area contributed by atoms with Crippen LogP contribution in [0.5, 0.6) is 0 Å². The van der Waals surface area contributed by atoms with E-state index in [1.54, 1.807) is 12.1 Å². The Kier molecular flexibility index (Phi) is 6.58. The Balaban J connectivity index is 1.71. The van der Waals surface area contributed by atoms with Gasteiger partial charge >= 0.3 is 11.9 Å². The molecule has 6 N–H and O–H groups in total. The SMILES string of the molecule is Nc1nc2ncc(CNc3ccc(N(C=O)[C@@H](CCC(=O)O)C(=O)O)cc3)nc2c(=O)[nH]1. The molecule has 2 aromatic heterocycles. The number of anilines is 3. The smallest absolute Gasteiger partial charge is 0.326 e. The van der Waals surface area contributed by atoms with E-state index in [2.05, 4.69) is 25.3 Å². The Hall–Kier alpha value is -4.55. The van der Waals surface area contributed by atoms with E-state index in [4.69, 9.17) is 10.8 Å². The van der Waals surface area contributed by atoms with Crippen LogP contribution in [0.25, 0.3) is 11.2 Å². The van der Waals surface area contributed by atoms with Crippen LogP contribution in [-0.2, 0) is 20.9 Å². The highest BCUT2D eigenvalue weighted by Gasteiger charge is 2.26. The number of carbonyl (C=O) groups is 3. The lowest BCUT2D eigenvalue weighted by Crippen LogP contribution is -2.40. The number of amides is 1. The summed E-state index contributed by atoms with van der Waals surface area (Å²) >= 11 is 0. The van der Waals surface area contributed by atoms with Crippen LogP contribution in [0.4, 0.5) is 17.3 Å². The molecule has 0 spiro atoms. The molecule has 0 aliphatic carbocycles. The molecule has 2 heterocycles. The van der Waals surface area contributed by atoms with Crippen molar-refractivity contribution < 1.29 is 24.6 Å². The molecular weight excluding hydrogens is 422 g/mol. The summed E-state index contributed by atoms with van der Waals surface area (Å²) in [7, 11) is 0. The number of benzene rings is 1. The third-order valence-electron chi connectivity index (χ3n) is 4.49. The Bertz CT molecular complexity index is 1210. The number of hydrogen-bond acceptors (Lipinski definition) is 9. The van der Waals surface area contributed by atoms with E-state index in [1.807, 2.05) is 0 Å². The van der Waals surface area contributed by atoms with Crippen molar-refractivity contribution in [2.24, 2.45) is 0 Å². The van der Waals surface area contributed by atoms with Crippen molar-refractivity contribution in [3.63, 3.8) is 0 Å². The third kappa shape index (κ3) is 5.13. The summed E-state index contributed by atoms with van der Waals surface area (Å²) in [5.74, 6) is -2.51. The molecule has 1 atom stereocenters. The van der Waals surface area contributed by atoms with Gasteiger partial charge in [0.2, 0.25) is 12.4 Å². The number of fused-ring (bicyclic) bond motifs is 1. The van der Waals surface area contributed by atoms with Gasteiger partial charge in [-0.15, -0.1) is 0 Å². The summed E-state index contributed by atoms with van der Waals surface area (Å²) in [6.45, 7) is 0.222. The first-order chi connectivity index (χ1) is 15.3. The minimum absolute atomic E-state index is 0.0524. The fourth-order valence-corrected chi connectivity index (χ4v) is 2.96. The van der Waals surface area contributed by atoms with Crippen LogP contribution in [0.15, 0.2) is 35.3 Å². The summed E-state index contributed by atoms with van der Waals surface area (Å²) < 4.78 is 0. The summed E-state index contributed by atoms with van der Waals surface area (Å²) in [5, 5.41) is 21.2. The molecule has 0 radical (unpaired) electrons. The number of rotatable bonds is 10. The number of aliphatic carboxylic acids is 2. The van der Waals surface area contributed by atoms with Crippen molar-refractivity contribution >= 4 is 46.8 Å². The van der Waals surface area contributed by atoms with E-state index in [1.165, 1.54) is 18.3 Å². The first-order valence-corrected chi connectivity index (χ1v) is 9.32. The average molecular weight is 441 g/mol. The topological polar surface area (TPSA) is 204 Å². The monoisotopic (exact) mass is 441 g/mol.